The first kappa shape index (κ1) is 23.2. The molecule has 10 nitrogen and oxygen atoms in total. The first-order valence-electron chi connectivity index (χ1n) is 10.7. The van der Waals surface area contributed by atoms with E-state index in [1.165, 1.54) is 17.2 Å². The van der Waals surface area contributed by atoms with Gasteiger partial charge in [-0.2, -0.15) is 10.1 Å². The quantitative estimate of drug-likeness (QED) is 0.364. The van der Waals surface area contributed by atoms with Crippen LogP contribution < -0.4 is 15.5 Å². The first-order valence-corrected chi connectivity index (χ1v) is 10.7. The summed E-state index contributed by atoms with van der Waals surface area (Å²) in [6.07, 6.45) is 3.82. The van der Waals surface area contributed by atoms with Crippen molar-refractivity contribution in [2.24, 2.45) is 7.05 Å². The van der Waals surface area contributed by atoms with Gasteiger partial charge in [-0.25, -0.2) is 14.7 Å². The third-order valence-electron chi connectivity index (χ3n) is 4.77. The normalized spacial score (nSPS) is 10.3. The van der Waals surface area contributed by atoms with Gasteiger partial charge in [0.2, 0.25) is 11.9 Å². The molecule has 2 aromatic heterocycles. The van der Waals surface area contributed by atoms with Crippen LogP contribution in [-0.4, -0.2) is 31.7 Å². The second-order valence-corrected chi connectivity index (χ2v) is 7.36. The molecule has 0 atom stereocenters. The minimum atomic E-state index is -0.650. The van der Waals surface area contributed by atoms with Crippen molar-refractivity contribution in [1.29, 1.82) is 0 Å². The van der Waals surface area contributed by atoms with Crippen LogP contribution >= 0.6 is 0 Å². The van der Waals surface area contributed by atoms with Crippen LogP contribution in [0, 0.1) is 0 Å². The largest absolute Gasteiger partial charge is 0.444 e. The monoisotopic (exact) mass is 469 g/mol. The molecule has 0 aliphatic rings. The van der Waals surface area contributed by atoms with Gasteiger partial charge in [0.25, 0.3) is 0 Å². The number of benzene rings is 2. The molecule has 0 saturated heterocycles. The molecule has 0 unspecified atom stereocenters. The highest BCUT2D eigenvalue weighted by atomic mass is 16.6. The fourth-order valence-electron chi connectivity index (χ4n) is 3.16. The Morgan fingerprint density at radius 2 is 1.94 bits per heavy atom. The Balaban J connectivity index is 1.65. The molecule has 0 radical (unpaired) electrons. The second-order valence-electron chi connectivity index (χ2n) is 7.36. The van der Waals surface area contributed by atoms with Crippen LogP contribution in [0.5, 0.6) is 0 Å². The Hall–Kier alpha value is -4.99. The summed E-state index contributed by atoms with van der Waals surface area (Å²) in [6, 6.07) is 19.5. The minimum absolute atomic E-state index is 0.0766. The Morgan fingerprint density at radius 3 is 2.69 bits per heavy atom. The molecule has 0 aliphatic carbocycles. The molecule has 2 N–H and O–H groups in total. The van der Waals surface area contributed by atoms with Crippen molar-refractivity contribution in [2.45, 2.75) is 6.61 Å². The van der Waals surface area contributed by atoms with Gasteiger partial charge in [0.05, 0.1) is 5.69 Å². The molecule has 35 heavy (non-hydrogen) atoms. The number of hydrogen-bond acceptors (Lipinski definition) is 7. The zero-order chi connectivity index (χ0) is 24.6. The van der Waals surface area contributed by atoms with Gasteiger partial charge in [-0.05, 0) is 29.8 Å². The molecule has 2 amide bonds. The maximum absolute atomic E-state index is 13.3. The maximum atomic E-state index is 13.3. The molecule has 2 heterocycles. The van der Waals surface area contributed by atoms with Crippen LogP contribution in [0.3, 0.4) is 0 Å². The van der Waals surface area contributed by atoms with Gasteiger partial charge in [-0.3, -0.25) is 9.48 Å². The third kappa shape index (κ3) is 6.08. The van der Waals surface area contributed by atoms with Gasteiger partial charge in [-0.15, -0.1) is 0 Å². The van der Waals surface area contributed by atoms with E-state index in [4.69, 9.17) is 4.74 Å². The van der Waals surface area contributed by atoms with E-state index in [9.17, 15) is 9.59 Å². The Morgan fingerprint density at radius 1 is 1.11 bits per heavy atom. The van der Waals surface area contributed by atoms with Crippen LogP contribution in [-0.2, 0) is 23.2 Å². The highest BCUT2D eigenvalue weighted by molar-refractivity contribution is 6.00. The summed E-state index contributed by atoms with van der Waals surface area (Å²) >= 11 is 0. The SMILES string of the molecule is C=CC(=O)Nc1cccc(N(C(=O)OCc2ccccc2)c2ccnc(Nc3ccn(C)n3)n2)c1. The minimum Gasteiger partial charge on any atom is -0.444 e. The summed E-state index contributed by atoms with van der Waals surface area (Å²) in [5.74, 6) is 0.697. The van der Waals surface area contributed by atoms with Crippen LogP contribution in [0.1, 0.15) is 5.56 Å². The number of ether oxygens (including phenoxy) is 1. The standard InChI is InChI=1S/C25H23N7O3/c1-3-23(33)27-19-10-7-11-20(16-19)32(25(34)35-17-18-8-5-4-6-9-18)22-12-14-26-24(29-22)28-21-13-15-31(2)30-21/h3-16H,1,17H2,2H3,(H,27,33)(H,26,28,29,30). The molecular weight excluding hydrogens is 446 g/mol. The van der Waals surface area contributed by atoms with Crippen molar-refractivity contribution in [3.05, 3.63) is 97.3 Å². The Labute approximate surface area is 201 Å². The van der Waals surface area contributed by atoms with E-state index in [0.29, 0.717) is 17.2 Å². The number of anilines is 5. The van der Waals surface area contributed by atoms with Crippen LogP contribution in [0.25, 0.3) is 0 Å². The van der Waals surface area contributed by atoms with Crippen molar-refractivity contribution in [3.63, 3.8) is 0 Å². The summed E-state index contributed by atoms with van der Waals surface area (Å²) < 4.78 is 7.23. The summed E-state index contributed by atoms with van der Waals surface area (Å²) in [4.78, 5) is 35.1. The predicted octanol–water partition coefficient (Wildman–Crippen LogP) is 4.55. The van der Waals surface area contributed by atoms with Crippen LogP contribution in [0.4, 0.5) is 33.8 Å². The van der Waals surface area contributed by atoms with Gasteiger partial charge in [0, 0.05) is 37.3 Å². The van der Waals surface area contributed by atoms with Gasteiger partial charge in [0.1, 0.15) is 12.4 Å². The van der Waals surface area contributed by atoms with E-state index >= 15 is 0 Å². The van der Waals surface area contributed by atoms with Gasteiger partial charge >= 0.3 is 6.09 Å². The third-order valence-corrected chi connectivity index (χ3v) is 4.77. The topological polar surface area (TPSA) is 114 Å². The van der Waals surface area contributed by atoms with E-state index in [2.05, 4.69) is 32.3 Å². The molecule has 4 aromatic rings. The predicted molar refractivity (Wildman–Crippen MR) is 133 cm³/mol. The number of hydrogen-bond donors (Lipinski definition) is 2. The molecule has 0 bridgehead atoms. The van der Waals surface area contributed by atoms with E-state index in [0.717, 1.165) is 5.56 Å². The fraction of sp³-hybridized carbons (Fsp3) is 0.0800. The summed E-state index contributed by atoms with van der Waals surface area (Å²) in [5, 5.41) is 9.96. The summed E-state index contributed by atoms with van der Waals surface area (Å²) in [5.41, 5.74) is 1.76. The number of carbonyl (C=O) groups excluding carboxylic acids is 2. The fourth-order valence-corrected chi connectivity index (χ4v) is 3.16. The van der Waals surface area contributed by atoms with Gasteiger partial charge < -0.3 is 15.4 Å². The lowest BCUT2D eigenvalue weighted by atomic mass is 10.2. The number of carbonyl (C=O) groups is 2. The number of amides is 2. The maximum Gasteiger partial charge on any atom is 0.420 e. The van der Waals surface area contributed by atoms with E-state index in [-0.39, 0.29) is 24.3 Å². The lowest BCUT2D eigenvalue weighted by Crippen LogP contribution is -2.28. The van der Waals surface area contributed by atoms with Crippen molar-refractivity contribution in [3.8, 4) is 0 Å². The smallest absolute Gasteiger partial charge is 0.420 e. The van der Waals surface area contributed by atoms with E-state index in [1.807, 2.05) is 30.3 Å². The van der Waals surface area contributed by atoms with Crippen LogP contribution in [0.2, 0.25) is 0 Å². The molecule has 0 aliphatic heterocycles. The molecular formula is C25H23N7O3. The molecule has 4 rings (SSSR count). The molecule has 0 saturated carbocycles. The zero-order valence-corrected chi connectivity index (χ0v) is 19.0. The highest BCUT2D eigenvalue weighted by Gasteiger charge is 2.22. The second kappa shape index (κ2) is 10.8. The number of nitrogens with zero attached hydrogens (tertiary/aromatic N) is 5. The summed E-state index contributed by atoms with van der Waals surface area (Å²) in [7, 11) is 1.80. The number of aryl methyl sites for hydroxylation is 1. The molecule has 2 aromatic carbocycles. The van der Waals surface area contributed by atoms with Crippen molar-refractivity contribution in [2.75, 3.05) is 15.5 Å². The summed E-state index contributed by atoms with van der Waals surface area (Å²) in [6.45, 7) is 3.54. The van der Waals surface area contributed by atoms with Crippen LogP contribution in [0.15, 0.2) is 91.8 Å². The van der Waals surface area contributed by atoms with Crippen molar-refractivity contribution < 1.29 is 14.3 Å². The number of aromatic nitrogens is 4. The lowest BCUT2D eigenvalue weighted by Gasteiger charge is -2.22. The van der Waals surface area contributed by atoms with Crippen molar-refractivity contribution in [1.82, 2.24) is 19.7 Å². The average molecular weight is 470 g/mol. The highest BCUT2D eigenvalue weighted by Crippen LogP contribution is 2.28. The van der Waals surface area contributed by atoms with Gasteiger partial charge in [-0.1, -0.05) is 43.0 Å². The first-order chi connectivity index (χ1) is 17.0. The average Bonchev–Trinajstić information content (AvgIpc) is 3.28. The lowest BCUT2D eigenvalue weighted by molar-refractivity contribution is -0.111. The van der Waals surface area contributed by atoms with E-state index < -0.39 is 6.09 Å². The molecule has 10 heteroatoms. The van der Waals surface area contributed by atoms with Gasteiger partial charge in [0.15, 0.2) is 5.82 Å². The van der Waals surface area contributed by atoms with Crippen molar-refractivity contribution >= 4 is 41.0 Å². The number of rotatable bonds is 8. The molecule has 0 spiro atoms. The zero-order valence-electron chi connectivity index (χ0n) is 19.0. The Kier molecular flexibility index (Phi) is 7.12. The molecule has 176 valence electrons. The molecule has 0 fully saturated rings. The number of nitrogens with one attached hydrogen (secondary N) is 2. The van der Waals surface area contributed by atoms with E-state index in [1.54, 1.807) is 54.3 Å². The Bertz CT molecular complexity index is 1340.